The zero-order valence-corrected chi connectivity index (χ0v) is 26.0. The fraction of sp³-hybridized carbons (Fsp3) is 0.237. The third kappa shape index (κ3) is 5.27. The summed E-state index contributed by atoms with van der Waals surface area (Å²) in [6.07, 6.45) is 4.12. The molecule has 3 atom stereocenters. The van der Waals surface area contributed by atoms with Crippen LogP contribution in [0.4, 0.5) is 5.69 Å². The van der Waals surface area contributed by atoms with Gasteiger partial charge in [0.25, 0.3) is 11.5 Å². The van der Waals surface area contributed by atoms with Crippen LogP contribution in [-0.4, -0.2) is 49.4 Å². The number of aliphatic hydroxyl groups is 2. The normalized spacial score (nSPS) is 19.7. The molecule has 238 valence electrons. The largest absolute Gasteiger partial charge is 0.394 e. The maximum absolute atomic E-state index is 14.1. The second-order valence-corrected chi connectivity index (χ2v) is 12.4. The lowest BCUT2D eigenvalue weighted by atomic mass is 9.83. The van der Waals surface area contributed by atoms with Gasteiger partial charge in [0.2, 0.25) is 5.91 Å². The summed E-state index contributed by atoms with van der Waals surface area (Å²) in [5.74, 6) is -1.22. The van der Waals surface area contributed by atoms with Gasteiger partial charge in [-0.05, 0) is 53.4 Å². The van der Waals surface area contributed by atoms with Crippen LogP contribution in [-0.2, 0) is 34.7 Å². The lowest BCUT2D eigenvalue weighted by Crippen LogP contribution is -2.46. The van der Waals surface area contributed by atoms with Gasteiger partial charge in [0.1, 0.15) is 0 Å². The van der Waals surface area contributed by atoms with Gasteiger partial charge in [-0.3, -0.25) is 19.5 Å². The van der Waals surface area contributed by atoms with Crippen molar-refractivity contribution in [2.45, 2.75) is 44.5 Å². The van der Waals surface area contributed by atoms with Crippen LogP contribution >= 0.6 is 0 Å². The molecule has 5 aromatic rings. The average Bonchev–Trinajstić information content (AvgIpc) is 3.55. The molecular weight excluding hydrogens is 592 g/mol. The minimum atomic E-state index is -1.83. The Kier molecular flexibility index (Phi) is 7.87. The van der Waals surface area contributed by atoms with Gasteiger partial charge in [-0.2, -0.15) is 0 Å². The Balaban J connectivity index is 1.10. The van der Waals surface area contributed by atoms with Gasteiger partial charge in [0, 0.05) is 24.4 Å². The highest BCUT2D eigenvalue weighted by molar-refractivity contribution is 6.07. The zero-order chi connectivity index (χ0) is 32.7. The lowest BCUT2D eigenvalue weighted by molar-refractivity contribution is -0.139. The van der Waals surface area contributed by atoms with E-state index in [-0.39, 0.29) is 37.1 Å². The number of aliphatic hydroxyl groups excluding tert-OH is 1. The maximum Gasteiger partial charge on any atom is 0.279 e. The Morgan fingerprint density at radius 2 is 1.72 bits per heavy atom. The van der Waals surface area contributed by atoms with Gasteiger partial charge in [-0.15, -0.1) is 0 Å². The van der Waals surface area contributed by atoms with E-state index in [9.17, 15) is 24.6 Å². The van der Waals surface area contributed by atoms with E-state index < -0.39 is 17.4 Å². The second-order valence-electron chi connectivity index (χ2n) is 12.4. The van der Waals surface area contributed by atoms with Crippen molar-refractivity contribution in [3.63, 3.8) is 0 Å². The number of anilines is 1. The van der Waals surface area contributed by atoms with Crippen molar-refractivity contribution < 1.29 is 19.8 Å². The highest BCUT2D eigenvalue weighted by Gasteiger charge is 2.52. The smallest absolute Gasteiger partial charge is 0.279 e. The Labute approximate surface area is 272 Å². The summed E-state index contributed by atoms with van der Waals surface area (Å²) >= 11 is 0. The first kappa shape index (κ1) is 30.4. The molecule has 9 heteroatoms. The number of benzene rings is 4. The molecule has 0 radical (unpaired) electrons. The van der Waals surface area contributed by atoms with Crippen LogP contribution in [0.2, 0.25) is 0 Å². The molecule has 3 heterocycles. The van der Waals surface area contributed by atoms with E-state index >= 15 is 0 Å². The van der Waals surface area contributed by atoms with E-state index in [0.29, 0.717) is 35.3 Å². The molecule has 47 heavy (non-hydrogen) atoms. The first-order valence-electron chi connectivity index (χ1n) is 15.9. The zero-order valence-electron chi connectivity index (χ0n) is 26.0. The van der Waals surface area contributed by atoms with Gasteiger partial charge in [-0.25, -0.2) is 4.68 Å². The molecular formula is C38H36N4O5. The molecule has 0 spiro atoms. The van der Waals surface area contributed by atoms with Crippen molar-refractivity contribution in [1.82, 2.24) is 14.7 Å². The number of rotatable bonds is 8. The number of nitrogens with zero attached hydrogens (tertiary/aromatic N) is 3. The van der Waals surface area contributed by atoms with E-state index in [4.69, 9.17) is 0 Å². The van der Waals surface area contributed by atoms with Crippen LogP contribution in [0, 0.1) is 5.92 Å². The summed E-state index contributed by atoms with van der Waals surface area (Å²) in [5, 5.41) is 25.8. The highest BCUT2D eigenvalue weighted by atomic mass is 16.3. The molecule has 2 aliphatic rings. The number of hydrogen-bond donors (Lipinski definition) is 3. The van der Waals surface area contributed by atoms with Crippen LogP contribution in [0.3, 0.4) is 0 Å². The minimum Gasteiger partial charge on any atom is -0.394 e. The number of nitrogens with one attached hydrogen (secondary N) is 1. The number of amides is 2. The average molecular weight is 629 g/mol. The third-order valence-electron chi connectivity index (χ3n) is 9.54. The van der Waals surface area contributed by atoms with Crippen molar-refractivity contribution in [2.75, 3.05) is 11.5 Å². The Morgan fingerprint density at radius 1 is 0.979 bits per heavy atom. The van der Waals surface area contributed by atoms with Gasteiger partial charge in [0.15, 0.2) is 5.60 Å². The number of hydrogen-bond acceptors (Lipinski definition) is 5. The number of carbonyl (C=O) groups is 2. The monoisotopic (exact) mass is 628 g/mol. The molecule has 0 fully saturated rings. The van der Waals surface area contributed by atoms with Crippen molar-refractivity contribution in [3.05, 3.63) is 142 Å². The molecule has 0 bridgehead atoms. The van der Waals surface area contributed by atoms with Crippen molar-refractivity contribution in [3.8, 4) is 5.69 Å². The van der Waals surface area contributed by atoms with E-state index in [1.807, 2.05) is 78.9 Å². The Bertz CT molecular complexity index is 2080. The maximum atomic E-state index is 14.1. The van der Waals surface area contributed by atoms with E-state index in [0.717, 1.165) is 22.2 Å². The molecule has 0 unspecified atom stereocenters. The summed E-state index contributed by atoms with van der Waals surface area (Å²) in [6, 6.07) is 29.6. The van der Waals surface area contributed by atoms with E-state index in [2.05, 4.69) is 5.10 Å². The van der Waals surface area contributed by atoms with Crippen LogP contribution in [0.25, 0.3) is 16.6 Å². The van der Waals surface area contributed by atoms with Crippen molar-refractivity contribution in [1.29, 1.82) is 0 Å². The lowest BCUT2D eigenvalue weighted by Gasteiger charge is -2.36. The SMILES string of the molecule is C[C@@H](/C=C/CC(=O)N1Cc2ccccc2C[C@H]1CO)[C@]1(O)C(=O)N(Cc2cccc(-n3[nH]c4ccccc4c3=O)c2)c2ccccc21. The molecule has 2 amide bonds. The highest BCUT2D eigenvalue weighted by Crippen LogP contribution is 2.45. The number of aromatic nitrogens is 2. The summed E-state index contributed by atoms with van der Waals surface area (Å²) in [6.45, 7) is 2.28. The minimum absolute atomic E-state index is 0.0819. The predicted octanol–water partition coefficient (Wildman–Crippen LogP) is 4.58. The van der Waals surface area contributed by atoms with Crippen LogP contribution in [0.5, 0.6) is 0 Å². The topological polar surface area (TPSA) is 119 Å². The number of para-hydroxylation sites is 2. The number of H-pyrrole nitrogens is 1. The first-order valence-corrected chi connectivity index (χ1v) is 15.9. The Hall–Kier alpha value is -5.25. The first-order chi connectivity index (χ1) is 22.8. The van der Waals surface area contributed by atoms with Gasteiger partial charge in [-0.1, -0.05) is 85.8 Å². The molecule has 4 aromatic carbocycles. The van der Waals surface area contributed by atoms with Gasteiger partial charge in [0.05, 0.1) is 41.5 Å². The summed E-state index contributed by atoms with van der Waals surface area (Å²) in [7, 11) is 0. The van der Waals surface area contributed by atoms with Crippen molar-refractivity contribution in [2.24, 2.45) is 5.92 Å². The number of aromatic amines is 1. The van der Waals surface area contributed by atoms with Crippen molar-refractivity contribution >= 4 is 28.4 Å². The molecule has 0 aliphatic carbocycles. The quantitative estimate of drug-likeness (QED) is 0.218. The van der Waals surface area contributed by atoms with Crippen LogP contribution < -0.4 is 10.5 Å². The molecule has 9 nitrogen and oxygen atoms in total. The molecule has 3 N–H and O–H groups in total. The van der Waals surface area contributed by atoms with E-state index in [1.165, 1.54) is 4.68 Å². The fourth-order valence-corrected chi connectivity index (χ4v) is 6.95. The molecule has 7 rings (SSSR count). The number of carbonyl (C=O) groups excluding carboxylic acids is 2. The van der Waals surface area contributed by atoms with Gasteiger partial charge < -0.3 is 20.0 Å². The van der Waals surface area contributed by atoms with Crippen LogP contribution in [0.1, 0.15) is 35.6 Å². The Morgan fingerprint density at radius 3 is 2.53 bits per heavy atom. The second kappa shape index (κ2) is 12.2. The third-order valence-corrected chi connectivity index (χ3v) is 9.54. The summed E-state index contributed by atoms with van der Waals surface area (Å²) < 4.78 is 1.49. The number of fused-ring (bicyclic) bond motifs is 3. The predicted molar refractivity (Wildman–Crippen MR) is 180 cm³/mol. The molecule has 2 aliphatic heterocycles. The summed E-state index contributed by atoms with van der Waals surface area (Å²) in [4.78, 5) is 43.7. The molecule has 0 saturated carbocycles. The van der Waals surface area contributed by atoms with Crippen LogP contribution in [0.15, 0.2) is 114 Å². The fourth-order valence-electron chi connectivity index (χ4n) is 6.95. The van der Waals surface area contributed by atoms with E-state index in [1.54, 1.807) is 47.1 Å². The molecule has 1 aromatic heterocycles. The van der Waals surface area contributed by atoms with Gasteiger partial charge >= 0.3 is 0 Å². The molecule has 0 saturated heterocycles. The standard InChI is InChI=1S/C38H36N4O5/c1-25(10-8-19-35(44)40-23-28-13-3-2-12-27(28)21-30(40)24-43)38(47)32-16-5-7-18-34(32)41(37(38)46)22-26-11-9-14-29(20-26)42-36(45)31-15-4-6-17-33(31)39-42/h2-18,20,25,30,39,43,47H,19,21-24H2,1H3/b10-8+/t25-,30-,38+/m0/s1. The summed E-state index contributed by atoms with van der Waals surface area (Å²) in [5.41, 5.74) is 3.50.